The summed E-state index contributed by atoms with van der Waals surface area (Å²) in [6.07, 6.45) is -4.84. The van der Waals surface area contributed by atoms with Crippen molar-refractivity contribution in [3.8, 4) is 0 Å². The fourth-order valence-electron chi connectivity index (χ4n) is 4.41. The molecule has 260 valence electrons. The Morgan fingerprint density at radius 2 is 1.31 bits per heavy atom. The molecule has 1 unspecified atom stereocenters. The van der Waals surface area contributed by atoms with E-state index < -0.39 is 70.3 Å². The summed E-state index contributed by atoms with van der Waals surface area (Å²) < 4.78 is 223. The molecule has 1 aliphatic rings. The molecule has 0 aliphatic heterocycles. The first kappa shape index (κ1) is 38.7. The number of hydrogen-bond acceptors (Lipinski definition) is 4. The molecule has 1 atom stereocenters. The lowest BCUT2D eigenvalue weighted by atomic mass is 9.69. The molecule has 45 heavy (non-hydrogen) atoms. The number of rotatable bonds is 12. The number of amides is 1. The van der Waals surface area contributed by atoms with Gasteiger partial charge in [0.2, 0.25) is 0 Å². The molecule has 1 aromatic heterocycles. The van der Waals surface area contributed by atoms with Crippen molar-refractivity contribution < 1.29 is 84.6 Å². The minimum Gasteiger partial charge on any atom is -0.465 e. The molecule has 0 spiro atoms. The maximum Gasteiger partial charge on any atom is 0.393 e. The van der Waals surface area contributed by atoms with Crippen molar-refractivity contribution in [2.24, 2.45) is 11.3 Å². The Morgan fingerprint density at radius 1 is 0.844 bits per heavy atom. The minimum atomic E-state index is -8.63. The van der Waals surface area contributed by atoms with E-state index in [1.165, 1.54) is 0 Å². The Kier molecular flexibility index (Phi) is 10.0. The van der Waals surface area contributed by atoms with Gasteiger partial charge in [0.1, 0.15) is 5.00 Å². The summed E-state index contributed by atoms with van der Waals surface area (Å²) in [5, 5.41) is -0.106. The van der Waals surface area contributed by atoms with E-state index in [0.717, 1.165) is 12.4 Å². The Bertz CT molecular complexity index is 1290. The molecule has 1 N–H and O–H groups in total. The van der Waals surface area contributed by atoms with Crippen LogP contribution in [-0.2, 0) is 22.4 Å². The summed E-state index contributed by atoms with van der Waals surface area (Å²) in [5.74, 6) is -62.0. The number of nitrogens with one attached hydrogen (secondary N) is 1. The molecule has 0 aromatic carbocycles. The summed E-state index contributed by atoms with van der Waals surface area (Å²) >= 11 is 0.297. The van der Waals surface area contributed by atoms with E-state index in [0.29, 0.717) is 24.2 Å². The molecule has 0 saturated heterocycles. The van der Waals surface area contributed by atoms with Crippen molar-refractivity contribution in [2.45, 2.75) is 94.3 Å². The number of halogens is 16. The molecule has 2 rings (SSSR count). The highest BCUT2D eigenvalue weighted by molar-refractivity contribution is 7.17. The highest BCUT2D eigenvalue weighted by atomic mass is 32.1. The zero-order chi connectivity index (χ0) is 35.6. The Hall–Kier alpha value is -2.48. The van der Waals surface area contributed by atoms with Crippen LogP contribution in [0.4, 0.5) is 75.2 Å². The van der Waals surface area contributed by atoms with Crippen LogP contribution in [0.1, 0.15) is 54.4 Å². The van der Waals surface area contributed by atoms with E-state index in [-0.39, 0.29) is 34.6 Å². The predicted octanol–water partition coefficient (Wildman–Crippen LogP) is 8.73. The van der Waals surface area contributed by atoms with Crippen LogP contribution in [0.5, 0.6) is 0 Å². The van der Waals surface area contributed by atoms with Crippen molar-refractivity contribution in [1.29, 1.82) is 0 Å². The van der Waals surface area contributed by atoms with Crippen molar-refractivity contribution in [3.63, 3.8) is 0 Å². The number of anilines is 1. The molecule has 0 fully saturated rings. The quantitative estimate of drug-likeness (QED) is 0.175. The van der Waals surface area contributed by atoms with Gasteiger partial charge >= 0.3 is 59.8 Å². The fourth-order valence-corrected chi connectivity index (χ4v) is 5.72. The molecule has 1 aromatic rings. The van der Waals surface area contributed by atoms with Gasteiger partial charge in [-0.05, 0) is 36.2 Å². The second-order valence-electron chi connectivity index (χ2n) is 10.8. The average Bonchev–Trinajstić information content (AvgIpc) is 3.28. The Balaban J connectivity index is 2.58. The molecule has 4 nitrogen and oxygen atoms in total. The number of methoxy groups -OCH3 is 1. The number of alkyl halides is 16. The maximum absolute atomic E-state index is 14.5. The first-order chi connectivity index (χ1) is 20.0. The standard InChI is InChI=1S/C24H23F16NO3S/c1-5-17(2,3)9-6-7-10-11(8-9)45-13(12(10)14(42)44-4)41-16(43)19(29,30)21(33,34)23(37,38)24(39,40)22(35,36)20(31,32)18(27,28)15(25)26/h9,15H,5-8H2,1-4H3,(H,41,43). The van der Waals surface area contributed by atoms with Gasteiger partial charge in [0.05, 0.1) is 12.7 Å². The minimum absolute atomic E-state index is 0.0175. The second kappa shape index (κ2) is 11.6. The predicted molar refractivity (Wildman–Crippen MR) is 125 cm³/mol. The molecular weight excluding hydrogens is 686 g/mol. The van der Waals surface area contributed by atoms with Gasteiger partial charge in [-0.25, -0.2) is 13.6 Å². The van der Waals surface area contributed by atoms with Gasteiger partial charge in [0.25, 0.3) is 0 Å². The first-order valence-corrected chi connectivity index (χ1v) is 13.2. The van der Waals surface area contributed by atoms with Gasteiger partial charge in [-0.15, -0.1) is 11.3 Å². The van der Waals surface area contributed by atoms with Crippen LogP contribution in [-0.4, -0.2) is 66.9 Å². The van der Waals surface area contributed by atoms with E-state index >= 15 is 0 Å². The molecule has 1 aliphatic carbocycles. The van der Waals surface area contributed by atoms with E-state index in [9.17, 15) is 79.8 Å². The summed E-state index contributed by atoms with van der Waals surface area (Å²) in [6, 6.07) is 0. The van der Waals surface area contributed by atoms with E-state index in [4.69, 9.17) is 0 Å². The third-order valence-corrected chi connectivity index (χ3v) is 9.02. The van der Waals surface area contributed by atoms with Crippen molar-refractivity contribution in [3.05, 3.63) is 16.0 Å². The van der Waals surface area contributed by atoms with Crippen molar-refractivity contribution >= 4 is 28.2 Å². The zero-order valence-corrected chi connectivity index (χ0v) is 24.0. The summed E-state index contributed by atoms with van der Waals surface area (Å²) in [6.45, 7) is 5.54. The van der Waals surface area contributed by atoms with E-state index in [2.05, 4.69) is 4.74 Å². The maximum atomic E-state index is 14.5. The highest BCUT2D eigenvalue weighted by Gasteiger charge is 2.94. The van der Waals surface area contributed by atoms with Crippen LogP contribution in [0, 0.1) is 11.3 Å². The summed E-state index contributed by atoms with van der Waals surface area (Å²) in [4.78, 5) is 24.7. The number of hydrogen-bond donors (Lipinski definition) is 1. The molecule has 0 radical (unpaired) electrons. The number of esters is 1. The van der Waals surface area contributed by atoms with Crippen LogP contribution >= 0.6 is 11.3 Å². The third kappa shape index (κ3) is 5.61. The lowest BCUT2D eigenvalue weighted by Gasteiger charge is -2.42. The van der Waals surface area contributed by atoms with Crippen LogP contribution < -0.4 is 5.32 Å². The smallest absolute Gasteiger partial charge is 0.393 e. The number of fused-ring (bicyclic) bond motifs is 1. The lowest BCUT2D eigenvalue weighted by Crippen LogP contribution is -2.74. The topological polar surface area (TPSA) is 55.4 Å². The summed E-state index contributed by atoms with van der Waals surface area (Å²) in [7, 11) is 0.753. The molecule has 0 bridgehead atoms. The first-order valence-electron chi connectivity index (χ1n) is 12.4. The van der Waals surface area contributed by atoms with Gasteiger partial charge in [-0.3, -0.25) is 4.79 Å². The van der Waals surface area contributed by atoms with E-state index in [1.54, 1.807) is 0 Å². The summed E-state index contributed by atoms with van der Waals surface area (Å²) in [5.41, 5.74) is -1.02. The number of carbonyl (C=O) groups excluding carboxylic acids is 2. The zero-order valence-electron chi connectivity index (χ0n) is 23.2. The molecule has 21 heteroatoms. The van der Waals surface area contributed by atoms with Gasteiger partial charge < -0.3 is 10.1 Å². The fraction of sp³-hybridized carbons (Fsp3) is 0.750. The SMILES string of the molecule is CCC(C)(C)C1CCc2c(sc(NC(=O)C(F)(F)C(F)(F)C(F)(F)C(F)(F)C(F)(F)C(F)(F)C(F)(F)C(F)F)c2C(=O)OC)C1. The van der Waals surface area contributed by atoms with Gasteiger partial charge in [0.15, 0.2) is 0 Å². The van der Waals surface area contributed by atoms with Gasteiger partial charge in [-0.2, -0.15) is 61.5 Å². The molecule has 1 heterocycles. The van der Waals surface area contributed by atoms with Crippen LogP contribution in [0.15, 0.2) is 0 Å². The third-order valence-electron chi connectivity index (χ3n) is 7.85. The monoisotopic (exact) mass is 709 g/mol. The van der Waals surface area contributed by atoms with Gasteiger partial charge in [-0.1, -0.05) is 27.2 Å². The molecule has 0 saturated carbocycles. The number of carbonyl (C=O) groups is 2. The largest absolute Gasteiger partial charge is 0.465 e. The van der Waals surface area contributed by atoms with Crippen LogP contribution in [0.3, 0.4) is 0 Å². The number of thiophene rings is 1. The average molecular weight is 709 g/mol. The molecule has 1 amide bonds. The van der Waals surface area contributed by atoms with E-state index in [1.807, 2.05) is 20.8 Å². The van der Waals surface area contributed by atoms with Gasteiger partial charge in [0, 0.05) is 4.88 Å². The second-order valence-corrected chi connectivity index (χ2v) is 11.9. The normalized spacial score (nSPS) is 17.8. The number of ether oxygens (including phenoxy) is 1. The van der Waals surface area contributed by atoms with Crippen LogP contribution in [0.25, 0.3) is 0 Å². The molecular formula is C24H23F16NO3S. The van der Waals surface area contributed by atoms with Crippen molar-refractivity contribution in [1.82, 2.24) is 0 Å². The lowest BCUT2D eigenvalue weighted by molar-refractivity contribution is -0.443. The van der Waals surface area contributed by atoms with Crippen molar-refractivity contribution in [2.75, 3.05) is 12.4 Å². The van der Waals surface area contributed by atoms with Crippen LogP contribution in [0.2, 0.25) is 0 Å². The Labute approximate surface area is 247 Å². The Morgan fingerprint density at radius 3 is 1.76 bits per heavy atom. The highest BCUT2D eigenvalue weighted by Crippen LogP contribution is 2.63.